The summed E-state index contributed by atoms with van der Waals surface area (Å²) in [4.78, 5) is 48.9. The molecule has 1 saturated heterocycles. The summed E-state index contributed by atoms with van der Waals surface area (Å²) in [5.74, 6) is -2.62. The summed E-state index contributed by atoms with van der Waals surface area (Å²) >= 11 is 1.29. The van der Waals surface area contributed by atoms with Crippen molar-refractivity contribution in [1.29, 1.82) is 0 Å². The number of amides is 2. The third kappa shape index (κ3) is 4.13. The fourth-order valence-corrected chi connectivity index (χ4v) is 4.48. The average Bonchev–Trinajstić information content (AvgIpc) is 2.69. The number of carbonyl (C=O) groups is 4. The first-order valence-electron chi connectivity index (χ1n) is 8.86. The standard InChI is InChI=1S/C19H21N3O6S/c1-9-3-5-11(6-4-9)13(20)16(24)21-14-17(25)22-15(19(26)27)12(7-28-10(2)23)8-29-18(14)22/h3-6,13-14,18H,7-8,20H2,1-2H3,(H,21,24)(H,26,27)/t13?,14?,18-/m1/s1. The molecular formula is C19H21N3O6S. The van der Waals surface area contributed by atoms with Crippen molar-refractivity contribution in [2.45, 2.75) is 31.3 Å². The van der Waals surface area contributed by atoms with Gasteiger partial charge in [0, 0.05) is 18.2 Å². The lowest BCUT2D eigenvalue weighted by molar-refractivity contribution is -0.151. The molecule has 0 saturated carbocycles. The number of ether oxygens (including phenoxy) is 1. The number of β-lactam (4-membered cyclic amide) rings is 1. The topological polar surface area (TPSA) is 139 Å². The minimum absolute atomic E-state index is 0.199. The van der Waals surface area contributed by atoms with Gasteiger partial charge in [0.25, 0.3) is 5.91 Å². The molecule has 2 heterocycles. The molecule has 0 aromatic heterocycles. The lowest BCUT2D eigenvalue weighted by Gasteiger charge is -2.49. The molecule has 1 fully saturated rings. The van der Waals surface area contributed by atoms with Crippen LogP contribution in [-0.4, -0.2) is 57.5 Å². The van der Waals surface area contributed by atoms with Gasteiger partial charge in [-0.15, -0.1) is 11.8 Å². The third-order valence-electron chi connectivity index (χ3n) is 4.72. The third-order valence-corrected chi connectivity index (χ3v) is 6.06. The quantitative estimate of drug-likeness (QED) is 0.442. The Balaban J connectivity index is 1.71. The fourth-order valence-electron chi connectivity index (χ4n) is 3.15. The van der Waals surface area contributed by atoms with Crippen LogP contribution in [0.25, 0.3) is 0 Å². The van der Waals surface area contributed by atoms with Crippen LogP contribution in [0.1, 0.15) is 24.1 Å². The van der Waals surface area contributed by atoms with Crippen LogP contribution in [0.4, 0.5) is 0 Å². The Kier molecular flexibility index (Phi) is 5.94. The number of nitrogens with zero attached hydrogens (tertiary/aromatic N) is 1. The van der Waals surface area contributed by atoms with Crippen molar-refractivity contribution in [3.8, 4) is 0 Å². The largest absolute Gasteiger partial charge is 0.477 e. The van der Waals surface area contributed by atoms with Crippen LogP contribution in [0.3, 0.4) is 0 Å². The highest BCUT2D eigenvalue weighted by Gasteiger charge is 2.54. The zero-order chi connectivity index (χ0) is 21.3. The number of fused-ring (bicyclic) bond motifs is 1. The minimum Gasteiger partial charge on any atom is -0.477 e. The van der Waals surface area contributed by atoms with Gasteiger partial charge < -0.3 is 20.9 Å². The summed E-state index contributed by atoms with van der Waals surface area (Å²) < 4.78 is 4.89. The Morgan fingerprint density at radius 1 is 1.34 bits per heavy atom. The zero-order valence-electron chi connectivity index (χ0n) is 15.9. The zero-order valence-corrected chi connectivity index (χ0v) is 16.7. The molecule has 0 bridgehead atoms. The first-order valence-corrected chi connectivity index (χ1v) is 9.91. The van der Waals surface area contributed by atoms with Gasteiger partial charge in [0.05, 0.1) is 0 Å². The number of carboxylic acid groups (broad SMARTS) is 1. The SMILES string of the molecule is CC(=O)OCC1=C(C(=O)O)N2C(=O)C(NC(=O)C(N)c3ccc(C)cc3)[C@H]2SC1. The van der Waals surface area contributed by atoms with E-state index in [9.17, 15) is 24.3 Å². The van der Waals surface area contributed by atoms with Crippen molar-refractivity contribution < 1.29 is 29.0 Å². The fraction of sp³-hybridized carbons (Fsp3) is 0.368. The summed E-state index contributed by atoms with van der Waals surface area (Å²) in [6, 6.07) is 5.36. The van der Waals surface area contributed by atoms with Gasteiger partial charge in [-0.3, -0.25) is 19.3 Å². The molecule has 3 rings (SSSR count). The van der Waals surface area contributed by atoms with Gasteiger partial charge in [0.1, 0.15) is 29.8 Å². The molecule has 0 spiro atoms. The van der Waals surface area contributed by atoms with Crippen molar-refractivity contribution in [3.05, 3.63) is 46.7 Å². The molecule has 154 valence electrons. The Labute approximate surface area is 171 Å². The number of nitrogens with two attached hydrogens (primary N) is 1. The average molecular weight is 419 g/mol. The van der Waals surface area contributed by atoms with Crippen LogP contribution < -0.4 is 11.1 Å². The summed E-state index contributed by atoms with van der Waals surface area (Å²) in [5.41, 5.74) is 7.78. The lowest BCUT2D eigenvalue weighted by Crippen LogP contribution is -2.71. The molecule has 2 amide bonds. The van der Waals surface area contributed by atoms with E-state index in [-0.39, 0.29) is 18.1 Å². The van der Waals surface area contributed by atoms with Crippen LogP contribution >= 0.6 is 11.8 Å². The molecule has 2 aliphatic rings. The van der Waals surface area contributed by atoms with Gasteiger partial charge in [0.15, 0.2) is 0 Å². The second-order valence-electron chi connectivity index (χ2n) is 6.82. The second-order valence-corrected chi connectivity index (χ2v) is 7.93. The highest BCUT2D eigenvalue weighted by atomic mass is 32.2. The van der Waals surface area contributed by atoms with E-state index in [1.54, 1.807) is 12.1 Å². The van der Waals surface area contributed by atoms with E-state index in [1.807, 2.05) is 19.1 Å². The Morgan fingerprint density at radius 2 is 2.00 bits per heavy atom. The number of nitrogens with one attached hydrogen (secondary N) is 1. The Morgan fingerprint density at radius 3 is 2.59 bits per heavy atom. The van der Waals surface area contributed by atoms with Crippen LogP contribution in [0, 0.1) is 6.92 Å². The van der Waals surface area contributed by atoms with E-state index in [0.717, 1.165) is 10.5 Å². The molecule has 29 heavy (non-hydrogen) atoms. The van der Waals surface area contributed by atoms with Gasteiger partial charge in [0.2, 0.25) is 5.91 Å². The molecule has 2 unspecified atom stereocenters. The molecular weight excluding hydrogens is 398 g/mol. The van der Waals surface area contributed by atoms with Crippen LogP contribution in [-0.2, 0) is 23.9 Å². The number of thioether (sulfide) groups is 1. The molecule has 1 aromatic rings. The normalized spacial score (nSPS) is 21.8. The van der Waals surface area contributed by atoms with Crippen molar-refractivity contribution in [1.82, 2.24) is 10.2 Å². The first-order chi connectivity index (χ1) is 13.7. The molecule has 4 N–H and O–H groups in total. The number of benzene rings is 1. The number of esters is 1. The van der Waals surface area contributed by atoms with Gasteiger partial charge in [-0.05, 0) is 12.5 Å². The number of hydrogen-bond acceptors (Lipinski definition) is 7. The van der Waals surface area contributed by atoms with E-state index in [2.05, 4.69) is 5.32 Å². The van der Waals surface area contributed by atoms with E-state index in [1.165, 1.54) is 18.7 Å². The maximum atomic E-state index is 12.6. The predicted molar refractivity (Wildman–Crippen MR) is 104 cm³/mol. The van der Waals surface area contributed by atoms with Gasteiger partial charge in [-0.1, -0.05) is 29.8 Å². The second kappa shape index (κ2) is 8.26. The molecule has 0 radical (unpaired) electrons. The first kappa shape index (κ1) is 20.9. The summed E-state index contributed by atoms with van der Waals surface area (Å²) in [6.07, 6.45) is 0. The van der Waals surface area contributed by atoms with Gasteiger partial charge >= 0.3 is 11.9 Å². The molecule has 9 nitrogen and oxygen atoms in total. The number of aliphatic carboxylic acids is 1. The minimum atomic E-state index is -1.29. The van der Waals surface area contributed by atoms with Crippen LogP contribution in [0.5, 0.6) is 0 Å². The van der Waals surface area contributed by atoms with E-state index < -0.39 is 41.2 Å². The highest BCUT2D eigenvalue weighted by molar-refractivity contribution is 8.00. The predicted octanol–water partition coefficient (Wildman–Crippen LogP) is 0.297. The molecule has 1 aromatic carbocycles. The number of hydrogen-bond donors (Lipinski definition) is 3. The Bertz CT molecular complexity index is 898. The van der Waals surface area contributed by atoms with Crippen molar-refractivity contribution in [3.63, 3.8) is 0 Å². The summed E-state index contributed by atoms with van der Waals surface area (Å²) in [6.45, 7) is 2.94. The maximum Gasteiger partial charge on any atom is 0.352 e. The Hall–Kier alpha value is -2.85. The number of carboxylic acids is 1. The van der Waals surface area contributed by atoms with Crippen LogP contribution in [0.2, 0.25) is 0 Å². The maximum absolute atomic E-state index is 12.6. The number of aryl methyl sites for hydroxylation is 1. The molecule has 2 aliphatic heterocycles. The number of rotatable bonds is 6. The van der Waals surface area contributed by atoms with Gasteiger partial charge in [-0.25, -0.2) is 4.79 Å². The smallest absolute Gasteiger partial charge is 0.352 e. The number of carbonyl (C=O) groups excluding carboxylic acids is 3. The monoisotopic (exact) mass is 419 g/mol. The van der Waals surface area contributed by atoms with Crippen molar-refractivity contribution in [2.24, 2.45) is 5.73 Å². The summed E-state index contributed by atoms with van der Waals surface area (Å²) in [7, 11) is 0. The molecule has 3 atom stereocenters. The van der Waals surface area contributed by atoms with E-state index in [0.29, 0.717) is 11.1 Å². The molecule has 10 heteroatoms. The van der Waals surface area contributed by atoms with Gasteiger partial charge in [-0.2, -0.15) is 0 Å². The van der Waals surface area contributed by atoms with Crippen LogP contribution in [0.15, 0.2) is 35.5 Å². The van der Waals surface area contributed by atoms with E-state index >= 15 is 0 Å². The summed E-state index contributed by atoms with van der Waals surface area (Å²) in [5, 5.41) is 11.6. The lowest BCUT2D eigenvalue weighted by atomic mass is 10.0. The molecule has 0 aliphatic carbocycles. The van der Waals surface area contributed by atoms with E-state index in [4.69, 9.17) is 10.5 Å². The highest BCUT2D eigenvalue weighted by Crippen LogP contribution is 2.40. The van der Waals surface area contributed by atoms with Crippen molar-refractivity contribution in [2.75, 3.05) is 12.4 Å². The van der Waals surface area contributed by atoms with Crippen molar-refractivity contribution >= 4 is 35.5 Å².